The monoisotopic (exact) mass is 378 g/mol. The molecule has 10 heteroatoms. The molecule has 1 saturated heterocycles. The molecule has 1 unspecified atom stereocenters. The minimum absolute atomic E-state index is 0.126. The van der Waals surface area contributed by atoms with Gasteiger partial charge in [0.1, 0.15) is 12.0 Å². The first-order valence-electron chi connectivity index (χ1n) is 8.26. The summed E-state index contributed by atoms with van der Waals surface area (Å²) in [7, 11) is -3.75. The lowest BCUT2D eigenvalue weighted by Gasteiger charge is -2.15. The first-order valence-corrected chi connectivity index (χ1v) is 9.74. The van der Waals surface area contributed by atoms with Gasteiger partial charge < -0.3 is 15.8 Å². The maximum absolute atomic E-state index is 12.3. The second-order valence-electron chi connectivity index (χ2n) is 6.04. The first-order chi connectivity index (χ1) is 12.5. The summed E-state index contributed by atoms with van der Waals surface area (Å²) in [5.74, 6) is 0.595. The van der Waals surface area contributed by atoms with Gasteiger partial charge in [0.15, 0.2) is 11.6 Å². The smallest absolute Gasteiger partial charge is 0.257 e. The van der Waals surface area contributed by atoms with Crippen molar-refractivity contribution in [2.75, 3.05) is 29.6 Å². The van der Waals surface area contributed by atoms with Gasteiger partial charge >= 0.3 is 0 Å². The summed E-state index contributed by atoms with van der Waals surface area (Å²) in [5, 5.41) is 3.11. The summed E-state index contributed by atoms with van der Waals surface area (Å²) >= 11 is 0. The standard InChI is InChI=1S/C16H22N6O3S/c1-11-4-6-13(7-5-11)26(23,24)22-21-16-14(17)15(19-10-20-16)18-9-12-3-2-8-25-12/h4-7,10,12,22H,2-3,8-9,17H2,1H3,(H2,18,19,20,21). The fourth-order valence-electron chi connectivity index (χ4n) is 2.54. The molecule has 2 aromatic rings. The summed E-state index contributed by atoms with van der Waals surface area (Å²) in [6.45, 7) is 3.23. The minimum atomic E-state index is -3.75. The highest BCUT2D eigenvalue weighted by molar-refractivity contribution is 7.89. The highest BCUT2D eigenvalue weighted by Crippen LogP contribution is 2.23. The molecule has 0 aliphatic carbocycles. The van der Waals surface area contributed by atoms with E-state index in [-0.39, 0.29) is 22.5 Å². The average Bonchev–Trinajstić information content (AvgIpc) is 3.14. The van der Waals surface area contributed by atoms with Crippen LogP contribution in [0.25, 0.3) is 0 Å². The molecule has 5 N–H and O–H groups in total. The van der Waals surface area contributed by atoms with E-state index in [0.29, 0.717) is 12.4 Å². The summed E-state index contributed by atoms with van der Waals surface area (Å²) in [5.41, 5.74) is 9.77. The van der Waals surface area contributed by atoms with Crippen LogP contribution in [0, 0.1) is 6.92 Å². The van der Waals surface area contributed by atoms with Gasteiger partial charge in [-0.05, 0) is 31.9 Å². The fourth-order valence-corrected chi connectivity index (χ4v) is 3.39. The summed E-state index contributed by atoms with van der Waals surface area (Å²) in [6, 6.07) is 6.50. The predicted octanol–water partition coefficient (Wildman–Crippen LogP) is 1.26. The number of benzene rings is 1. The Bertz CT molecular complexity index is 851. The van der Waals surface area contributed by atoms with Crippen LogP contribution < -0.4 is 21.3 Å². The van der Waals surface area contributed by atoms with Crippen LogP contribution in [-0.2, 0) is 14.8 Å². The average molecular weight is 378 g/mol. The normalized spacial score (nSPS) is 17.2. The number of nitrogens with one attached hydrogen (secondary N) is 3. The van der Waals surface area contributed by atoms with Crippen molar-refractivity contribution in [1.29, 1.82) is 0 Å². The molecule has 1 fully saturated rings. The number of rotatable bonds is 7. The summed E-state index contributed by atoms with van der Waals surface area (Å²) < 4.78 is 30.2. The minimum Gasteiger partial charge on any atom is -0.393 e. The lowest BCUT2D eigenvalue weighted by Crippen LogP contribution is -2.30. The van der Waals surface area contributed by atoms with E-state index in [4.69, 9.17) is 10.5 Å². The maximum Gasteiger partial charge on any atom is 0.257 e. The quantitative estimate of drug-likeness (QED) is 0.530. The Kier molecular flexibility index (Phi) is 5.55. The van der Waals surface area contributed by atoms with E-state index in [1.165, 1.54) is 18.5 Å². The van der Waals surface area contributed by atoms with Crippen molar-refractivity contribution in [1.82, 2.24) is 14.8 Å². The third-order valence-electron chi connectivity index (χ3n) is 4.04. The fraction of sp³-hybridized carbons (Fsp3) is 0.375. The Morgan fingerprint density at radius 1 is 1.23 bits per heavy atom. The number of hydrogen-bond acceptors (Lipinski definition) is 8. The van der Waals surface area contributed by atoms with Crippen molar-refractivity contribution in [3.05, 3.63) is 36.2 Å². The van der Waals surface area contributed by atoms with Crippen LogP contribution >= 0.6 is 0 Å². The largest absolute Gasteiger partial charge is 0.393 e. The molecular weight excluding hydrogens is 356 g/mol. The van der Waals surface area contributed by atoms with Crippen molar-refractivity contribution in [2.24, 2.45) is 0 Å². The lowest BCUT2D eigenvalue weighted by molar-refractivity contribution is 0.120. The number of ether oxygens (including phenoxy) is 1. The molecule has 1 aromatic heterocycles. The van der Waals surface area contributed by atoms with Crippen molar-refractivity contribution in [2.45, 2.75) is 30.8 Å². The zero-order chi connectivity index (χ0) is 18.6. The van der Waals surface area contributed by atoms with E-state index in [9.17, 15) is 8.42 Å². The molecule has 1 aliphatic heterocycles. The number of aryl methyl sites for hydroxylation is 1. The molecule has 26 heavy (non-hydrogen) atoms. The molecule has 9 nitrogen and oxygen atoms in total. The molecular formula is C16H22N6O3S. The molecule has 0 radical (unpaired) electrons. The zero-order valence-corrected chi connectivity index (χ0v) is 15.2. The number of aromatic nitrogens is 2. The Labute approximate surface area is 152 Å². The topological polar surface area (TPSA) is 131 Å². The van der Waals surface area contributed by atoms with Crippen molar-refractivity contribution >= 4 is 27.3 Å². The molecule has 1 atom stereocenters. The Morgan fingerprint density at radius 3 is 2.65 bits per heavy atom. The number of nitrogens with zero attached hydrogens (tertiary/aromatic N) is 2. The van der Waals surface area contributed by atoms with Gasteiger partial charge in [0.2, 0.25) is 0 Å². The van der Waals surface area contributed by atoms with Crippen LogP contribution in [-0.4, -0.2) is 37.6 Å². The molecule has 0 spiro atoms. The van der Waals surface area contributed by atoms with Crippen molar-refractivity contribution < 1.29 is 13.2 Å². The molecule has 0 saturated carbocycles. The maximum atomic E-state index is 12.3. The summed E-state index contributed by atoms with van der Waals surface area (Å²) in [4.78, 5) is 10.5. The van der Waals surface area contributed by atoms with Gasteiger partial charge in [0.25, 0.3) is 10.0 Å². The van der Waals surface area contributed by atoms with E-state index in [2.05, 4.69) is 25.5 Å². The van der Waals surface area contributed by atoms with Crippen LogP contribution in [0.5, 0.6) is 0 Å². The molecule has 0 amide bonds. The number of hydrazine groups is 1. The van der Waals surface area contributed by atoms with E-state index in [1.54, 1.807) is 12.1 Å². The number of nitrogen functional groups attached to an aromatic ring is 1. The van der Waals surface area contributed by atoms with Crippen LogP contribution in [0.15, 0.2) is 35.5 Å². The Morgan fingerprint density at radius 2 is 1.96 bits per heavy atom. The molecule has 2 heterocycles. The van der Waals surface area contributed by atoms with Gasteiger partial charge in [-0.3, -0.25) is 5.43 Å². The van der Waals surface area contributed by atoms with Gasteiger partial charge in [0.05, 0.1) is 11.0 Å². The highest BCUT2D eigenvalue weighted by atomic mass is 32.2. The predicted molar refractivity (Wildman–Crippen MR) is 99.0 cm³/mol. The second kappa shape index (κ2) is 7.85. The van der Waals surface area contributed by atoms with E-state index in [0.717, 1.165) is 25.0 Å². The van der Waals surface area contributed by atoms with Crippen molar-refractivity contribution in [3.8, 4) is 0 Å². The Hall–Kier alpha value is -2.43. The van der Waals surface area contributed by atoms with Gasteiger partial charge in [-0.25, -0.2) is 18.4 Å². The lowest BCUT2D eigenvalue weighted by atomic mass is 10.2. The third kappa shape index (κ3) is 4.40. The Balaban J connectivity index is 1.65. The van der Waals surface area contributed by atoms with Gasteiger partial charge in [-0.1, -0.05) is 17.7 Å². The zero-order valence-electron chi connectivity index (χ0n) is 14.4. The number of nitrogens with two attached hydrogens (primary N) is 1. The van der Waals surface area contributed by atoms with Crippen LogP contribution in [0.1, 0.15) is 18.4 Å². The molecule has 0 bridgehead atoms. The molecule has 140 valence electrons. The van der Waals surface area contributed by atoms with Crippen LogP contribution in [0.2, 0.25) is 0 Å². The SMILES string of the molecule is Cc1ccc(S(=O)(=O)NNc2ncnc(NCC3CCCO3)c2N)cc1. The van der Waals surface area contributed by atoms with Crippen LogP contribution in [0.4, 0.5) is 17.3 Å². The first kappa shape index (κ1) is 18.4. The second-order valence-corrected chi connectivity index (χ2v) is 7.73. The third-order valence-corrected chi connectivity index (χ3v) is 5.30. The molecule has 3 rings (SSSR count). The number of sulfonamides is 1. The van der Waals surface area contributed by atoms with Crippen LogP contribution in [0.3, 0.4) is 0 Å². The highest BCUT2D eigenvalue weighted by Gasteiger charge is 2.18. The molecule has 1 aromatic carbocycles. The van der Waals surface area contributed by atoms with E-state index < -0.39 is 10.0 Å². The van der Waals surface area contributed by atoms with Gasteiger partial charge in [0, 0.05) is 13.2 Å². The van der Waals surface area contributed by atoms with Crippen molar-refractivity contribution in [3.63, 3.8) is 0 Å². The molecule has 1 aliphatic rings. The van der Waals surface area contributed by atoms with E-state index >= 15 is 0 Å². The van der Waals surface area contributed by atoms with E-state index in [1.807, 2.05) is 6.92 Å². The number of hydrogen-bond donors (Lipinski definition) is 4. The van der Waals surface area contributed by atoms with Gasteiger partial charge in [-0.2, -0.15) is 0 Å². The van der Waals surface area contributed by atoms with Gasteiger partial charge in [-0.15, -0.1) is 4.83 Å². The summed E-state index contributed by atoms with van der Waals surface area (Å²) in [6.07, 6.45) is 3.45. The number of anilines is 3.